The fraction of sp³-hybridized carbons (Fsp3) is 0.333. The number of aromatic nitrogens is 3. The molecule has 1 aromatic carbocycles. The van der Waals surface area contributed by atoms with E-state index in [1.54, 1.807) is 12.3 Å². The predicted molar refractivity (Wildman–Crippen MR) is 139 cm³/mol. The highest BCUT2D eigenvalue weighted by atomic mass is 32.1. The second kappa shape index (κ2) is 8.35. The summed E-state index contributed by atoms with van der Waals surface area (Å²) in [5.41, 5.74) is 0.881. The molecule has 0 aliphatic carbocycles. The van der Waals surface area contributed by atoms with E-state index < -0.39 is 33.9 Å². The fourth-order valence-electron chi connectivity index (χ4n) is 3.51. The Bertz CT molecular complexity index is 1240. The monoisotopic (exact) mass is 449 g/mol. The fourth-order valence-corrected chi connectivity index (χ4v) is 4.20. The number of anilines is 1. The molecule has 150 valence electrons. The Hall–Kier alpha value is -1.90. The molecule has 1 amide bonds. The first-order valence-corrected chi connectivity index (χ1v) is 10.7. The van der Waals surface area contributed by atoms with E-state index in [2.05, 4.69) is 20.5 Å². The van der Waals surface area contributed by atoms with Gasteiger partial charge in [-0.1, -0.05) is 23.5 Å². The second-order valence-electron chi connectivity index (χ2n) is 8.23. The van der Waals surface area contributed by atoms with E-state index in [9.17, 15) is 4.79 Å². The topological polar surface area (TPSA) is 80.2 Å². The number of aryl methyl sites for hydroxylation is 1. The molecule has 1 saturated heterocycles. The first-order chi connectivity index (χ1) is 15.6. The van der Waals surface area contributed by atoms with Gasteiger partial charge in [0.15, 0.2) is 0 Å². The molecular formula is C18H11B8N5O2S. The summed E-state index contributed by atoms with van der Waals surface area (Å²) in [7, 11) is 47.5. The summed E-state index contributed by atoms with van der Waals surface area (Å²) in [6.45, 7) is 1.29. The molecule has 0 saturated carbocycles. The van der Waals surface area contributed by atoms with Crippen LogP contribution in [0.4, 0.5) is 5.82 Å². The average Bonchev–Trinajstić information content (AvgIpc) is 3.16. The van der Waals surface area contributed by atoms with Crippen LogP contribution in [-0.2, 0) is 9.53 Å². The molecule has 1 N–H and O–H groups in total. The molecule has 1 aliphatic heterocycles. The van der Waals surface area contributed by atoms with Crippen LogP contribution in [0.3, 0.4) is 0 Å². The summed E-state index contributed by atoms with van der Waals surface area (Å²) in [4.78, 5) is 18.0. The van der Waals surface area contributed by atoms with Gasteiger partial charge in [-0.2, -0.15) is 0 Å². The first-order valence-electron chi connectivity index (χ1n) is 9.93. The standard InChI is InChI=1S/C18H11B8N5O2S/c1-8-29-30-14(34-8)9-2-3-10-6-27-12(5-11(10)4-9)28-13(32)7-31-15(19,20)17(23,24)33-18(25,26)16(31,21)22/h2-6H,7H2,1H3,(H,27,28,32). The molecule has 4 rings (SSSR count). The Labute approximate surface area is 212 Å². The molecule has 34 heavy (non-hydrogen) atoms. The molecule has 0 spiro atoms. The van der Waals surface area contributed by atoms with Crippen molar-refractivity contribution in [3.63, 3.8) is 0 Å². The second-order valence-corrected chi connectivity index (χ2v) is 9.41. The lowest BCUT2D eigenvalue weighted by Gasteiger charge is -2.70. The van der Waals surface area contributed by atoms with Gasteiger partial charge in [0, 0.05) is 17.1 Å². The molecule has 0 atom stereocenters. The summed E-state index contributed by atoms with van der Waals surface area (Å²) in [6, 6.07) is 7.42. The molecule has 1 aliphatic rings. The van der Waals surface area contributed by atoms with Crippen molar-refractivity contribution < 1.29 is 9.53 Å². The normalized spacial score (nSPS) is 20.6. The van der Waals surface area contributed by atoms with Gasteiger partial charge in [-0.3, -0.25) is 4.79 Å². The van der Waals surface area contributed by atoms with E-state index in [4.69, 9.17) is 67.5 Å². The van der Waals surface area contributed by atoms with E-state index in [1.807, 2.05) is 25.1 Å². The van der Waals surface area contributed by atoms with Crippen LogP contribution in [0.15, 0.2) is 30.5 Å². The van der Waals surface area contributed by atoms with Crippen LogP contribution < -0.4 is 5.32 Å². The molecular weight excluding hydrogens is 437 g/mol. The van der Waals surface area contributed by atoms with Crippen LogP contribution in [0.25, 0.3) is 21.3 Å². The Morgan fingerprint density at radius 3 is 2.24 bits per heavy atom. The zero-order chi connectivity index (χ0) is 25.1. The Kier molecular flexibility index (Phi) is 6.19. The van der Waals surface area contributed by atoms with E-state index in [0.717, 1.165) is 31.3 Å². The third kappa shape index (κ3) is 4.29. The van der Waals surface area contributed by atoms with Gasteiger partial charge >= 0.3 is 0 Å². The van der Waals surface area contributed by atoms with Crippen LogP contribution in [-0.4, -0.2) is 117 Å². The van der Waals surface area contributed by atoms with Crippen LogP contribution in [0.2, 0.25) is 0 Å². The van der Waals surface area contributed by atoms with Gasteiger partial charge in [0.25, 0.3) is 0 Å². The minimum absolute atomic E-state index is 0.245. The van der Waals surface area contributed by atoms with E-state index in [-0.39, 0.29) is 5.82 Å². The lowest BCUT2D eigenvalue weighted by Crippen LogP contribution is -2.86. The molecule has 0 bridgehead atoms. The summed E-state index contributed by atoms with van der Waals surface area (Å²) in [6.07, 6.45) is 1.61. The molecule has 3 aromatic rings. The van der Waals surface area contributed by atoms with Gasteiger partial charge in [0.2, 0.25) is 5.91 Å². The molecule has 3 heterocycles. The van der Waals surface area contributed by atoms with E-state index >= 15 is 0 Å². The number of benzene rings is 1. The summed E-state index contributed by atoms with van der Waals surface area (Å²) >= 11 is 1.47. The number of rotatable bonds is 4. The SMILES string of the molecule is [B]C1([B])OC([B])([B])C([B])([B])N(CC(=O)Nc2cc3cc(-c4nnc(C)s4)ccc3cn2)C1([B])[B]. The number of nitrogens with one attached hydrogen (secondary N) is 1. The van der Waals surface area contributed by atoms with Gasteiger partial charge in [0.1, 0.15) is 15.8 Å². The van der Waals surface area contributed by atoms with Crippen molar-refractivity contribution in [2.24, 2.45) is 0 Å². The van der Waals surface area contributed by atoms with Gasteiger partial charge in [0.05, 0.1) is 69.3 Å². The van der Waals surface area contributed by atoms with Crippen LogP contribution in [0, 0.1) is 6.92 Å². The highest BCUT2D eigenvalue weighted by Crippen LogP contribution is 2.39. The van der Waals surface area contributed by atoms with Gasteiger partial charge in [-0.05, 0) is 45.9 Å². The van der Waals surface area contributed by atoms with Crippen molar-refractivity contribution in [2.45, 2.75) is 28.4 Å². The number of fused-ring (bicyclic) bond motifs is 1. The van der Waals surface area contributed by atoms with Crippen LogP contribution >= 0.6 is 11.3 Å². The molecule has 1 fully saturated rings. The summed E-state index contributed by atoms with van der Waals surface area (Å²) in [5.74, 6) is -0.397. The Morgan fingerprint density at radius 2 is 1.65 bits per heavy atom. The number of nitrogens with zero attached hydrogens (tertiary/aromatic N) is 4. The van der Waals surface area contributed by atoms with Crippen LogP contribution in [0.1, 0.15) is 5.01 Å². The number of morpholine rings is 1. The smallest absolute Gasteiger partial charge is 0.239 e. The number of ether oxygens (including phenoxy) is 1. The van der Waals surface area contributed by atoms with Crippen molar-refractivity contribution in [2.75, 3.05) is 11.9 Å². The van der Waals surface area contributed by atoms with Gasteiger partial charge in [-0.15, -0.1) is 10.2 Å². The average molecular weight is 448 g/mol. The minimum atomic E-state index is -2.29. The highest BCUT2D eigenvalue weighted by Gasteiger charge is 2.57. The van der Waals surface area contributed by atoms with Gasteiger partial charge < -0.3 is 15.0 Å². The molecule has 2 aromatic heterocycles. The van der Waals surface area contributed by atoms with Crippen molar-refractivity contribution in [1.29, 1.82) is 0 Å². The lowest BCUT2D eigenvalue weighted by atomic mass is 9.30. The van der Waals surface area contributed by atoms with Gasteiger partial charge in [-0.25, -0.2) is 4.98 Å². The van der Waals surface area contributed by atoms with Crippen molar-refractivity contribution in [3.05, 3.63) is 35.5 Å². The number of amides is 1. The third-order valence-electron chi connectivity index (χ3n) is 5.55. The molecule has 7 nitrogen and oxygen atoms in total. The largest absolute Gasteiger partial charge is 0.406 e. The summed E-state index contributed by atoms with van der Waals surface area (Å²) in [5, 5.41) is 5.10. The Balaban J connectivity index is 1.58. The minimum Gasteiger partial charge on any atom is -0.406 e. The molecule has 0 unspecified atom stereocenters. The zero-order valence-electron chi connectivity index (χ0n) is 18.2. The van der Waals surface area contributed by atoms with E-state index in [0.29, 0.717) is 0 Å². The lowest BCUT2D eigenvalue weighted by molar-refractivity contribution is -0.131. The van der Waals surface area contributed by atoms with Crippen molar-refractivity contribution in [1.82, 2.24) is 20.1 Å². The summed E-state index contributed by atoms with van der Waals surface area (Å²) < 4.78 is 5.14. The quantitative estimate of drug-likeness (QED) is 0.480. The number of hydrogen-bond acceptors (Lipinski definition) is 7. The maximum absolute atomic E-state index is 12.9. The van der Waals surface area contributed by atoms with Crippen molar-refractivity contribution >= 4 is 96.6 Å². The Morgan fingerprint density at radius 1 is 1.00 bits per heavy atom. The third-order valence-corrected chi connectivity index (χ3v) is 6.43. The molecule has 16 radical (unpaired) electrons. The van der Waals surface area contributed by atoms with Crippen molar-refractivity contribution in [3.8, 4) is 10.6 Å². The number of pyridine rings is 1. The predicted octanol–water partition coefficient (Wildman–Crippen LogP) is -1.70. The van der Waals surface area contributed by atoms with Crippen LogP contribution in [0.5, 0.6) is 0 Å². The zero-order valence-corrected chi connectivity index (χ0v) is 19.0. The molecule has 16 heteroatoms. The van der Waals surface area contributed by atoms with E-state index in [1.165, 1.54) is 11.3 Å². The first kappa shape index (κ1) is 25.2. The highest BCUT2D eigenvalue weighted by molar-refractivity contribution is 7.14. The maximum Gasteiger partial charge on any atom is 0.239 e. The number of carbonyl (C=O) groups is 1. The number of hydrogen-bond donors (Lipinski definition) is 1. The number of carbonyl (C=O) groups excluding carboxylic acids is 1. The maximum atomic E-state index is 12.9.